The highest BCUT2D eigenvalue weighted by Crippen LogP contribution is 2.24. The minimum absolute atomic E-state index is 0.000997. The molecule has 2 atom stereocenters. The molecule has 2 unspecified atom stereocenters. The van der Waals surface area contributed by atoms with E-state index in [4.69, 9.17) is 16.3 Å². The van der Waals surface area contributed by atoms with Gasteiger partial charge in [-0.2, -0.15) is 0 Å². The van der Waals surface area contributed by atoms with Crippen LogP contribution in [0, 0.1) is 12.8 Å². The van der Waals surface area contributed by atoms with Gasteiger partial charge in [-0.1, -0.05) is 42.8 Å². The van der Waals surface area contributed by atoms with E-state index in [1.165, 1.54) is 0 Å². The van der Waals surface area contributed by atoms with E-state index in [-0.39, 0.29) is 5.91 Å². The zero-order valence-electron chi connectivity index (χ0n) is 18.4. The number of piperidine rings is 1. The highest BCUT2D eigenvalue weighted by atomic mass is 35.5. The number of benzene rings is 2. The fraction of sp³-hybridized carbons (Fsp3) is 0.458. The maximum Gasteiger partial charge on any atom is 0.240 e. The number of methoxy groups -OCH3 is 1. The van der Waals surface area contributed by atoms with E-state index < -0.39 is 17.0 Å². The van der Waals surface area contributed by atoms with Crippen LogP contribution in [-0.2, 0) is 22.2 Å². The topological polar surface area (TPSA) is 58.6 Å². The lowest BCUT2D eigenvalue weighted by molar-refractivity contribution is -0.134. The summed E-state index contributed by atoms with van der Waals surface area (Å²) in [5.74, 6) is 1.17. The van der Waals surface area contributed by atoms with Gasteiger partial charge in [0.2, 0.25) is 5.91 Å². The van der Waals surface area contributed by atoms with Crippen molar-refractivity contribution in [3.63, 3.8) is 0 Å². The molecule has 1 heterocycles. The lowest BCUT2D eigenvalue weighted by Crippen LogP contribution is -2.49. The summed E-state index contributed by atoms with van der Waals surface area (Å²) in [6.45, 7) is 5.64. The van der Waals surface area contributed by atoms with Gasteiger partial charge in [-0.25, -0.2) is 8.93 Å². The zero-order valence-corrected chi connectivity index (χ0v) is 20.0. The van der Waals surface area contributed by atoms with Gasteiger partial charge in [-0.15, -0.1) is 0 Å². The average Bonchev–Trinajstić information content (AvgIpc) is 2.77. The number of hydrogen-bond acceptors (Lipinski definition) is 3. The molecule has 0 radical (unpaired) electrons. The molecule has 0 saturated carbocycles. The molecule has 31 heavy (non-hydrogen) atoms. The molecule has 2 aromatic carbocycles. The zero-order chi connectivity index (χ0) is 22.4. The Kier molecular flexibility index (Phi) is 8.52. The standard InChI is InChI=1S/C24H31ClN2O3S/c1-17-12-14-27(15-13-17)24(28)21(10-9-19-6-4-5-7-20(19)25)26-31(29)23-16-18(2)8-11-22(23)30-3/h4-8,11,16-17,21,26H,9-10,12-15H2,1-3H3. The van der Waals surface area contributed by atoms with Crippen molar-refractivity contribution in [2.24, 2.45) is 5.92 Å². The molecule has 7 heteroatoms. The molecule has 1 aliphatic rings. The van der Waals surface area contributed by atoms with E-state index in [0.29, 0.717) is 34.4 Å². The summed E-state index contributed by atoms with van der Waals surface area (Å²) < 4.78 is 21.7. The van der Waals surface area contributed by atoms with Crippen LogP contribution in [0.5, 0.6) is 5.75 Å². The predicted molar refractivity (Wildman–Crippen MR) is 126 cm³/mol. The Morgan fingerprint density at radius 3 is 2.65 bits per heavy atom. The Morgan fingerprint density at radius 1 is 1.26 bits per heavy atom. The Bertz CT molecular complexity index is 929. The van der Waals surface area contributed by atoms with Crippen LogP contribution >= 0.6 is 11.6 Å². The maximum absolute atomic E-state index is 13.4. The molecule has 1 amide bonds. The van der Waals surface area contributed by atoms with Crippen LogP contribution in [0.1, 0.15) is 37.3 Å². The van der Waals surface area contributed by atoms with Crippen molar-refractivity contribution in [1.29, 1.82) is 0 Å². The third-order valence-corrected chi connectivity index (χ3v) is 7.41. The van der Waals surface area contributed by atoms with E-state index in [1.807, 2.05) is 48.2 Å². The highest BCUT2D eigenvalue weighted by molar-refractivity contribution is 7.83. The van der Waals surface area contributed by atoms with E-state index >= 15 is 0 Å². The van der Waals surface area contributed by atoms with Crippen molar-refractivity contribution >= 4 is 28.5 Å². The highest BCUT2D eigenvalue weighted by Gasteiger charge is 2.29. The van der Waals surface area contributed by atoms with Gasteiger partial charge in [0.25, 0.3) is 0 Å². The molecule has 1 aliphatic heterocycles. The Morgan fingerprint density at radius 2 is 1.97 bits per heavy atom. The van der Waals surface area contributed by atoms with Crippen molar-refractivity contribution in [3.8, 4) is 5.75 Å². The van der Waals surface area contributed by atoms with Gasteiger partial charge in [0, 0.05) is 18.1 Å². The number of halogens is 1. The number of likely N-dealkylation sites (tertiary alicyclic amines) is 1. The monoisotopic (exact) mass is 462 g/mol. The molecular weight excluding hydrogens is 432 g/mol. The van der Waals surface area contributed by atoms with Gasteiger partial charge in [-0.3, -0.25) is 4.79 Å². The summed E-state index contributed by atoms with van der Waals surface area (Å²) in [5, 5.41) is 0.682. The van der Waals surface area contributed by atoms with Crippen LogP contribution < -0.4 is 9.46 Å². The van der Waals surface area contributed by atoms with Gasteiger partial charge in [0.15, 0.2) is 0 Å². The third kappa shape index (κ3) is 6.31. The second kappa shape index (κ2) is 11.1. The van der Waals surface area contributed by atoms with Crippen LogP contribution in [0.25, 0.3) is 0 Å². The molecule has 0 spiro atoms. The molecule has 0 bridgehead atoms. The first-order valence-electron chi connectivity index (χ1n) is 10.7. The van der Waals surface area contributed by atoms with Crippen LogP contribution in [0.4, 0.5) is 0 Å². The second-order valence-electron chi connectivity index (χ2n) is 8.23. The Hall–Kier alpha value is -1.89. The minimum atomic E-state index is -1.59. The van der Waals surface area contributed by atoms with Crippen LogP contribution in [0.3, 0.4) is 0 Å². The molecular formula is C24H31ClN2O3S. The summed E-state index contributed by atoms with van der Waals surface area (Å²) in [7, 11) is -0.0301. The number of carbonyl (C=O) groups is 1. The van der Waals surface area contributed by atoms with Crippen molar-refractivity contribution in [1.82, 2.24) is 9.62 Å². The van der Waals surface area contributed by atoms with Crippen LogP contribution in [0.2, 0.25) is 5.02 Å². The number of aryl methyl sites for hydroxylation is 2. The first-order valence-corrected chi connectivity index (χ1v) is 12.3. The van der Waals surface area contributed by atoms with Gasteiger partial charge in [-0.05, 0) is 67.9 Å². The average molecular weight is 463 g/mol. The van der Waals surface area contributed by atoms with E-state index in [2.05, 4.69) is 11.6 Å². The lowest BCUT2D eigenvalue weighted by atomic mass is 9.98. The summed E-state index contributed by atoms with van der Waals surface area (Å²) in [4.78, 5) is 15.8. The summed E-state index contributed by atoms with van der Waals surface area (Å²) in [5.41, 5.74) is 1.96. The molecule has 5 nitrogen and oxygen atoms in total. The fourth-order valence-corrected chi connectivity index (χ4v) is 5.27. The largest absolute Gasteiger partial charge is 0.495 e. The fourth-order valence-electron chi connectivity index (χ4n) is 3.80. The van der Waals surface area contributed by atoms with Crippen molar-refractivity contribution in [2.45, 2.75) is 50.5 Å². The molecule has 3 rings (SSSR count). The van der Waals surface area contributed by atoms with Crippen molar-refractivity contribution < 1.29 is 13.7 Å². The Balaban J connectivity index is 1.79. The lowest BCUT2D eigenvalue weighted by Gasteiger charge is -2.33. The number of hydrogen-bond donors (Lipinski definition) is 1. The van der Waals surface area contributed by atoms with Gasteiger partial charge < -0.3 is 9.64 Å². The first-order chi connectivity index (χ1) is 14.9. The van der Waals surface area contributed by atoms with E-state index in [9.17, 15) is 9.00 Å². The van der Waals surface area contributed by atoms with E-state index in [0.717, 1.165) is 37.1 Å². The number of amides is 1. The normalized spacial score (nSPS) is 16.7. The maximum atomic E-state index is 13.4. The molecule has 168 valence electrons. The molecule has 1 saturated heterocycles. The van der Waals surface area contributed by atoms with Crippen molar-refractivity contribution in [2.75, 3.05) is 20.2 Å². The number of ether oxygens (including phenoxy) is 1. The first kappa shape index (κ1) is 23.8. The summed E-state index contributed by atoms with van der Waals surface area (Å²) in [6, 6.07) is 12.6. The molecule has 0 aromatic heterocycles. The minimum Gasteiger partial charge on any atom is -0.495 e. The van der Waals surface area contributed by atoms with Gasteiger partial charge in [0.05, 0.1) is 18.0 Å². The number of nitrogens with zero attached hydrogens (tertiary/aromatic N) is 1. The van der Waals surface area contributed by atoms with Gasteiger partial charge >= 0.3 is 0 Å². The predicted octanol–water partition coefficient (Wildman–Crippen LogP) is 4.53. The van der Waals surface area contributed by atoms with Crippen LogP contribution in [-0.4, -0.2) is 41.3 Å². The summed E-state index contributed by atoms with van der Waals surface area (Å²) >= 11 is 6.32. The van der Waals surface area contributed by atoms with Gasteiger partial charge in [0.1, 0.15) is 16.7 Å². The van der Waals surface area contributed by atoms with E-state index in [1.54, 1.807) is 13.2 Å². The SMILES string of the molecule is COc1ccc(C)cc1S(=O)NC(CCc1ccccc1Cl)C(=O)N1CCC(C)CC1. The number of carbonyl (C=O) groups excluding carboxylic acids is 1. The molecule has 1 fully saturated rings. The van der Waals surface area contributed by atoms with Crippen molar-refractivity contribution in [3.05, 3.63) is 58.6 Å². The number of nitrogens with one attached hydrogen (secondary N) is 1. The molecule has 2 aromatic rings. The summed E-state index contributed by atoms with van der Waals surface area (Å²) in [6.07, 6.45) is 3.12. The number of rotatable bonds is 8. The smallest absolute Gasteiger partial charge is 0.240 e. The Labute approximate surface area is 192 Å². The quantitative estimate of drug-likeness (QED) is 0.627. The molecule has 1 N–H and O–H groups in total. The second-order valence-corrected chi connectivity index (χ2v) is 9.85. The molecule has 0 aliphatic carbocycles. The van der Waals surface area contributed by atoms with Crippen LogP contribution in [0.15, 0.2) is 47.4 Å². The third-order valence-electron chi connectivity index (χ3n) is 5.82.